The fraction of sp³-hybridized carbons (Fsp3) is 0.300. The van der Waals surface area contributed by atoms with E-state index < -0.39 is 16.8 Å². The molecule has 3 aromatic carbocycles. The number of hydrogen-bond donors (Lipinski definition) is 1. The number of carbonyl (C=O) groups is 3. The van der Waals surface area contributed by atoms with Crippen LogP contribution < -0.4 is 5.32 Å². The standard InChI is InChI=1S/C30H31N3O6/c1-39-28(34)19-25-18-27(32(30(25)36)15-7-10-21-8-3-2-4-9-21)20-31-29(35)24-13-5-11-22(16-24)23-12-6-14-26(17-23)33(37)38/h2-6,8-9,11-14,16-17,25,27H,7,10,15,18-20H2,1H3,(H,31,35)/t25-,27-/m0/s1. The van der Waals surface area contributed by atoms with Crippen LogP contribution in [-0.4, -0.2) is 53.8 Å². The van der Waals surface area contributed by atoms with Crippen molar-refractivity contribution < 1.29 is 24.0 Å². The molecule has 2 amide bonds. The van der Waals surface area contributed by atoms with E-state index in [1.54, 1.807) is 41.3 Å². The number of hydrogen-bond acceptors (Lipinski definition) is 6. The molecule has 9 heteroatoms. The Labute approximate surface area is 226 Å². The summed E-state index contributed by atoms with van der Waals surface area (Å²) < 4.78 is 4.78. The lowest BCUT2D eigenvalue weighted by Gasteiger charge is -2.25. The first-order valence-electron chi connectivity index (χ1n) is 12.9. The molecule has 9 nitrogen and oxygen atoms in total. The van der Waals surface area contributed by atoms with Gasteiger partial charge in [0.15, 0.2) is 0 Å². The lowest BCUT2D eigenvalue weighted by molar-refractivity contribution is -0.384. The van der Waals surface area contributed by atoms with Crippen LogP contribution in [0.15, 0.2) is 78.9 Å². The molecule has 202 valence electrons. The number of nitrogens with one attached hydrogen (secondary N) is 1. The second kappa shape index (κ2) is 12.8. The fourth-order valence-corrected chi connectivity index (χ4v) is 4.96. The van der Waals surface area contributed by atoms with Crippen LogP contribution in [0, 0.1) is 16.0 Å². The number of non-ortho nitro benzene ring substituents is 1. The highest BCUT2D eigenvalue weighted by atomic mass is 16.6. The Hall–Kier alpha value is -4.53. The van der Waals surface area contributed by atoms with Crippen LogP contribution in [0.4, 0.5) is 5.69 Å². The van der Waals surface area contributed by atoms with Crippen LogP contribution in [0.2, 0.25) is 0 Å². The second-order valence-corrected chi connectivity index (χ2v) is 9.59. The summed E-state index contributed by atoms with van der Waals surface area (Å²) in [6, 6.07) is 22.9. The number of benzene rings is 3. The predicted octanol–water partition coefficient (Wildman–Crippen LogP) is 4.40. The third kappa shape index (κ3) is 7.07. The minimum Gasteiger partial charge on any atom is -0.469 e. The first kappa shape index (κ1) is 27.5. The molecule has 0 saturated carbocycles. The number of nitro benzene ring substituents is 1. The number of amides is 2. The molecule has 1 aliphatic rings. The Bertz CT molecular complexity index is 1340. The van der Waals surface area contributed by atoms with E-state index in [-0.39, 0.29) is 36.5 Å². The van der Waals surface area contributed by atoms with Crippen molar-refractivity contribution in [2.24, 2.45) is 5.92 Å². The Kier molecular flexibility index (Phi) is 9.04. The van der Waals surface area contributed by atoms with Gasteiger partial charge in [0.25, 0.3) is 11.6 Å². The maximum atomic E-state index is 13.2. The molecule has 1 N–H and O–H groups in total. The molecule has 1 aliphatic heterocycles. The van der Waals surface area contributed by atoms with Gasteiger partial charge in [0.05, 0.1) is 24.4 Å². The summed E-state index contributed by atoms with van der Waals surface area (Å²) in [7, 11) is 1.30. The number of nitro groups is 1. The van der Waals surface area contributed by atoms with E-state index in [4.69, 9.17) is 4.74 Å². The van der Waals surface area contributed by atoms with Gasteiger partial charge in [-0.1, -0.05) is 54.6 Å². The Morgan fingerprint density at radius 2 is 1.74 bits per heavy atom. The number of likely N-dealkylation sites (tertiary alicyclic amines) is 1. The average Bonchev–Trinajstić information content (AvgIpc) is 3.25. The lowest BCUT2D eigenvalue weighted by atomic mass is 10.0. The Morgan fingerprint density at radius 3 is 2.46 bits per heavy atom. The minimum absolute atomic E-state index is 0.0141. The van der Waals surface area contributed by atoms with Crippen molar-refractivity contribution in [1.82, 2.24) is 10.2 Å². The quantitative estimate of drug-likeness (QED) is 0.223. The first-order chi connectivity index (χ1) is 18.9. The molecule has 3 aromatic rings. The van der Waals surface area contributed by atoms with Gasteiger partial charge in [0, 0.05) is 36.8 Å². The number of nitrogens with zero attached hydrogens (tertiary/aromatic N) is 2. The van der Waals surface area contributed by atoms with Crippen molar-refractivity contribution in [3.05, 3.63) is 100 Å². The minimum atomic E-state index is -0.478. The van der Waals surface area contributed by atoms with Gasteiger partial charge in [-0.2, -0.15) is 0 Å². The fourth-order valence-electron chi connectivity index (χ4n) is 4.96. The molecule has 4 rings (SSSR count). The zero-order valence-electron chi connectivity index (χ0n) is 21.7. The van der Waals surface area contributed by atoms with E-state index in [9.17, 15) is 24.5 Å². The van der Waals surface area contributed by atoms with E-state index in [0.29, 0.717) is 29.7 Å². The van der Waals surface area contributed by atoms with Gasteiger partial charge < -0.3 is 15.0 Å². The molecule has 2 atom stereocenters. The monoisotopic (exact) mass is 529 g/mol. The summed E-state index contributed by atoms with van der Waals surface area (Å²) in [4.78, 5) is 50.6. The van der Waals surface area contributed by atoms with Crippen LogP contribution >= 0.6 is 0 Å². The van der Waals surface area contributed by atoms with E-state index in [0.717, 1.165) is 12.8 Å². The molecule has 0 aliphatic carbocycles. The maximum Gasteiger partial charge on any atom is 0.306 e. The van der Waals surface area contributed by atoms with E-state index >= 15 is 0 Å². The topological polar surface area (TPSA) is 119 Å². The molecule has 0 aromatic heterocycles. The number of aryl methyl sites for hydroxylation is 1. The molecule has 0 spiro atoms. The molecule has 1 saturated heterocycles. The van der Waals surface area contributed by atoms with Gasteiger partial charge in [0.2, 0.25) is 5.91 Å². The molecule has 1 heterocycles. The summed E-state index contributed by atoms with van der Waals surface area (Å²) in [5, 5.41) is 14.1. The molecule has 0 radical (unpaired) electrons. The third-order valence-electron chi connectivity index (χ3n) is 6.99. The van der Waals surface area contributed by atoms with Gasteiger partial charge in [-0.25, -0.2) is 0 Å². The Morgan fingerprint density at radius 1 is 1.03 bits per heavy atom. The van der Waals surface area contributed by atoms with Gasteiger partial charge in [-0.15, -0.1) is 0 Å². The number of methoxy groups -OCH3 is 1. The zero-order valence-corrected chi connectivity index (χ0v) is 21.7. The number of rotatable bonds is 11. The number of carbonyl (C=O) groups excluding carboxylic acids is 3. The normalized spacial score (nSPS) is 16.6. The van der Waals surface area contributed by atoms with Crippen LogP contribution in [0.5, 0.6) is 0 Å². The average molecular weight is 530 g/mol. The van der Waals surface area contributed by atoms with Crippen molar-refractivity contribution in [3.8, 4) is 11.1 Å². The smallest absolute Gasteiger partial charge is 0.306 e. The van der Waals surface area contributed by atoms with Crippen molar-refractivity contribution in [1.29, 1.82) is 0 Å². The van der Waals surface area contributed by atoms with Crippen LogP contribution in [-0.2, 0) is 20.7 Å². The van der Waals surface area contributed by atoms with Gasteiger partial charge >= 0.3 is 5.97 Å². The molecule has 0 unspecified atom stereocenters. The Balaban J connectivity index is 1.42. The molecule has 1 fully saturated rings. The summed E-state index contributed by atoms with van der Waals surface area (Å²) in [6.45, 7) is 0.767. The lowest BCUT2D eigenvalue weighted by Crippen LogP contribution is -2.42. The van der Waals surface area contributed by atoms with E-state index in [1.165, 1.54) is 24.8 Å². The van der Waals surface area contributed by atoms with Crippen LogP contribution in [0.25, 0.3) is 11.1 Å². The van der Waals surface area contributed by atoms with Crippen LogP contribution in [0.3, 0.4) is 0 Å². The highest BCUT2D eigenvalue weighted by Crippen LogP contribution is 2.28. The van der Waals surface area contributed by atoms with Gasteiger partial charge in [-0.3, -0.25) is 24.5 Å². The van der Waals surface area contributed by atoms with Gasteiger partial charge in [-0.05, 0) is 48.1 Å². The molecular formula is C30H31N3O6. The highest BCUT2D eigenvalue weighted by molar-refractivity contribution is 5.95. The predicted molar refractivity (Wildman–Crippen MR) is 146 cm³/mol. The van der Waals surface area contributed by atoms with Crippen molar-refractivity contribution in [2.75, 3.05) is 20.2 Å². The first-order valence-corrected chi connectivity index (χ1v) is 12.9. The second-order valence-electron chi connectivity index (χ2n) is 9.59. The van der Waals surface area contributed by atoms with E-state index in [2.05, 4.69) is 5.32 Å². The highest BCUT2D eigenvalue weighted by Gasteiger charge is 2.40. The summed E-state index contributed by atoms with van der Waals surface area (Å²) in [6.07, 6.45) is 2.04. The summed E-state index contributed by atoms with van der Waals surface area (Å²) in [5.74, 6) is -1.32. The molecule has 0 bridgehead atoms. The number of ether oxygens (including phenoxy) is 1. The number of esters is 1. The molecular weight excluding hydrogens is 498 g/mol. The maximum absolute atomic E-state index is 13.2. The summed E-state index contributed by atoms with van der Waals surface area (Å²) in [5.41, 5.74) is 2.88. The van der Waals surface area contributed by atoms with Crippen LogP contribution in [0.1, 0.15) is 35.2 Å². The third-order valence-corrected chi connectivity index (χ3v) is 6.99. The molecule has 39 heavy (non-hydrogen) atoms. The van der Waals surface area contributed by atoms with Gasteiger partial charge in [0.1, 0.15) is 0 Å². The van der Waals surface area contributed by atoms with Crippen molar-refractivity contribution in [2.45, 2.75) is 31.7 Å². The van der Waals surface area contributed by atoms with Crippen molar-refractivity contribution >= 4 is 23.5 Å². The largest absolute Gasteiger partial charge is 0.469 e. The van der Waals surface area contributed by atoms with Crippen molar-refractivity contribution in [3.63, 3.8) is 0 Å². The SMILES string of the molecule is COC(=O)C[C@@H]1C[C@@H](CNC(=O)c2cccc(-c3cccc([N+](=O)[O-])c3)c2)N(CCCc2ccccc2)C1=O. The van der Waals surface area contributed by atoms with E-state index in [1.807, 2.05) is 30.3 Å². The summed E-state index contributed by atoms with van der Waals surface area (Å²) >= 11 is 0. The zero-order chi connectivity index (χ0) is 27.8.